The normalized spacial score (nSPS) is 24.6. The molecule has 62 valence electrons. The fraction of sp³-hybridized carbons (Fsp3) is 0.500. The first-order valence-electron chi connectivity index (χ1n) is 3.63. The van der Waals surface area contributed by atoms with E-state index < -0.39 is 0 Å². The van der Waals surface area contributed by atoms with Gasteiger partial charge in [-0.25, -0.2) is 0 Å². The molecule has 1 aliphatic rings. The SMILES string of the molecule is CC1=C(O)C(C)NC=C1CO. The second-order valence-corrected chi connectivity index (χ2v) is 2.73. The Bertz CT molecular complexity index is 218. The van der Waals surface area contributed by atoms with Gasteiger partial charge in [-0.2, -0.15) is 0 Å². The van der Waals surface area contributed by atoms with Gasteiger partial charge in [0, 0.05) is 6.20 Å². The van der Waals surface area contributed by atoms with Crippen LogP contribution in [0, 0.1) is 0 Å². The van der Waals surface area contributed by atoms with Crippen LogP contribution in [0.4, 0.5) is 0 Å². The van der Waals surface area contributed by atoms with Gasteiger partial charge in [0.05, 0.1) is 12.6 Å². The van der Waals surface area contributed by atoms with Gasteiger partial charge in [-0.3, -0.25) is 0 Å². The Kier molecular flexibility index (Phi) is 2.19. The quantitative estimate of drug-likeness (QED) is 0.522. The van der Waals surface area contributed by atoms with E-state index in [-0.39, 0.29) is 12.6 Å². The molecule has 1 rings (SSSR count). The summed E-state index contributed by atoms with van der Waals surface area (Å²) in [5.74, 6) is 0.316. The Balaban J connectivity index is 2.90. The molecular weight excluding hydrogens is 142 g/mol. The van der Waals surface area contributed by atoms with Crippen LogP contribution in [0.25, 0.3) is 0 Å². The van der Waals surface area contributed by atoms with Crippen LogP contribution in [0.5, 0.6) is 0 Å². The number of rotatable bonds is 1. The van der Waals surface area contributed by atoms with Crippen molar-refractivity contribution in [2.75, 3.05) is 6.61 Å². The highest BCUT2D eigenvalue weighted by molar-refractivity contribution is 5.36. The van der Waals surface area contributed by atoms with Crippen molar-refractivity contribution in [1.82, 2.24) is 5.32 Å². The number of dihydropyridines is 1. The monoisotopic (exact) mass is 155 g/mol. The number of aliphatic hydroxyl groups is 2. The van der Waals surface area contributed by atoms with Crippen molar-refractivity contribution in [2.24, 2.45) is 0 Å². The van der Waals surface area contributed by atoms with Crippen LogP contribution in [0.3, 0.4) is 0 Å². The van der Waals surface area contributed by atoms with Crippen molar-refractivity contribution < 1.29 is 10.2 Å². The van der Waals surface area contributed by atoms with Crippen LogP contribution in [0.15, 0.2) is 23.1 Å². The molecule has 0 aromatic heterocycles. The minimum atomic E-state index is -0.0368. The molecule has 0 spiro atoms. The maximum absolute atomic E-state index is 9.41. The van der Waals surface area contributed by atoms with E-state index in [9.17, 15) is 5.11 Å². The van der Waals surface area contributed by atoms with Crippen molar-refractivity contribution in [3.8, 4) is 0 Å². The molecule has 1 unspecified atom stereocenters. The highest BCUT2D eigenvalue weighted by Crippen LogP contribution is 2.18. The Morgan fingerprint density at radius 1 is 1.64 bits per heavy atom. The molecule has 3 heteroatoms. The van der Waals surface area contributed by atoms with Crippen LogP contribution in [-0.4, -0.2) is 22.9 Å². The summed E-state index contributed by atoms with van der Waals surface area (Å²) in [6, 6.07) is -0.0368. The lowest BCUT2D eigenvalue weighted by Gasteiger charge is -2.21. The van der Waals surface area contributed by atoms with Gasteiger partial charge in [0.15, 0.2) is 0 Å². The zero-order valence-electron chi connectivity index (χ0n) is 6.76. The average Bonchev–Trinajstić information content (AvgIpc) is 2.01. The molecule has 0 amide bonds. The molecule has 0 saturated heterocycles. The zero-order valence-corrected chi connectivity index (χ0v) is 6.76. The maximum Gasteiger partial charge on any atom is 0.117 e. The minimum Gasteiger partial charge on any atom is -0.510 e. The smallest absolute Gasteiger partial charge is 0.117 e. The van der Waals surface area contributed by atoms with Gasteiger partial charge in [-0.05, 0) is 25.0 Å². The van der Waals surface area contributed by atoms with Gasteiger partial charge < -0.3 is 15.5 Å². The molecule has 0 fully saturated rings. The van der Waals surface area contributed by atoms with Gasteiger partial charge in [0.25, 0.3) is 0 Å². The number of nitrogens with one attached hydrogen (secondary N) is 1. The topological polar surface area (TPSA) is 52.5 Å². The van der Waals surface area contributed by atoms with Gasteiger partial charge >= 0.3 is 0 Å². The Hall–Kier alpha value is -0.960. The Labute approximate surface area is 66.0 Å². The van der Waals surface area contributed by atoms with Gasteiger partial charge in [0.1, 0.15) is 5.76 Å². The number of hydrogen-bond acceptors (Lipinski definition) is 3. The van der Waals surface area contributed by atoms with E-state index >= 15 is 0 Å². The van der Waals surface area contributed by atoms with Crippen LogP contribution >= 0.6 is 0 Å². The molecule has 3 N–H and O–H groups in total. The predicted molar refractivity (Wildman–Crippen MR) is 43.1 cm³/mol. The van der Waals surface area contributed by atoms with E-state index in [0.717, 1.165) is 11.1 Å². The summed E-state index contributed by atoms with van der Waals surface area (Å²) in [5, 5.41) is 21.2. The standard InChI is InChI=1S/C8H13NO2/c1-5-7(4-10)3-9-6(2)8(5)11/h3,6,9-11H,4H2,1-2H3. The van der Waals surface area contributed by atoms with Crippen molar-refractivity contribution in [2.45, 2.75) is 19.9 Å². The molecule has 1 atom stereocenters. The molecule has 1 aliphatic heterocycles. The molecule has 0 bridgehead atoms. The third-order valence-electron chi connectivity index (χ3n) is 1.95. The van der Waals surface area contributed by atoms with E-state index in [2.05, 4.69) is 5.32 Å². The van der Waals surface area contributed by atoms with E-state index in [0.29, 0.717) is 5.76 Å². The highest BCUT2D eigenvalue weighted by atomic mass is 16.3. The minimum absolute atomic E-state index is 0.0321. The predicted octanol–water partition coefficient (Wildman–Crippen LogP) is 0.686. The van der Waals surface area contributed by atoms with E-state index in [1.165, 1.54) is 0 Å². The molecule has 0 radical (unpaired) electrons. The lowest BCUT2D eigenvalue weighted by molar-refractivity contribution is 0.317. The van der Waals surface area contributed by atoms with E-state index in [1.54, 1.807) is 13.1 Å². The van der Waals surface area contributed by atoms with Crippen LogP contribution in [0.1, 0.15) is 13.8 Å². The van der Waals surface area contributed by atoms with Gasteiger partial charge in [-0.15, -0.1) is 0 Å². The van der Waals surface area contributed by atoms with Crippen molar-refractivity contribution in [3.05, 3.63) is 23.1 Å². The first-order chi connectivity index (χ1) is 5.16. The lowest BCUT2D eigenvalue weighted by atomic mass is 10.0. The summed E-state index contributed by atoms with van der Waals surface area (Å²) in [6.07, 6.45) is 1.74. The Morgan fingerprint density at radius 2 is 2.27 bits per heavy atom. The first-order valence-corrected chi connectivity index (χ1v) is 3.63. The lowest BCUT2D eigenvalue weighted by Crippen LogP contribution is -2.28. The molecule has 11 heavy (non-hydrogen) atoms. The second-order valence-electron chi connectivity index (χ2n) is 2.73. The van der Waals surface area contributed by atoms with Crippen molar-refractivity contribution in [1.29, 1.82) is 0 Å². The summed E-state index contributed by atoms with van der Waals surface area (Å²) in [4.78, 5) is 0. The van der Waals surface area contributed by atoms with E-state index in [1.807, 2.05) is 6.92 Å². The molecule has 0 aromatic carbocycles. The van der Waals surface area contributed by atoms with Gasteiger partial charge in [-0.1, -0.05) is 0 Å². The molecular formula is C8H13NO2. The average molecular weight is 155 g/mol. The van der Waals surface area contributed by atoms with Crippen molar-refractivity contribution >= 4 is 0 Å². The second kappa shape index (κ2) is 2.96. The summed E-state index contributed by atoms with van der Waals surface area (Å²) in [5.41, 5.74) is 1.53. The molecule has 0 aromatic rings. The summed E-state index contributed by atoms with van der Waals surface area (Å²) >= 11 is 0. The zero-order chi connectivity index (χ0) is 8.43. The summed E-state index contributed by atoms with van der Waals surface area (Å²) < 4.78 is 0. The summed E-state index contributed by atoms with van der Waals surface area (Å²) in [7, 11) is 0. The fourth-order valence-electron chi connectivity index (χ4n) is 1.07. The maximum atomic E-state index is 9.41. The first kappa shape index (κ1) is 8.14. The largest absolute Gasteiger partial charge is 0.510 e. The molecule has 3 nitrogen and oxygen atoms in total. The number of hydrogen-bond donors (Lipinski definition) is 3. The van der Waals surface area contributed by atoms with Crippen molar-refractivity contribution in [3.63, 3.8) is 0 Å². The number of aliphatic hydroxyl groups excluding tert-OH is 2. The fourth-order valence-corrected chi connectivity index (χ4v) is 1.07. The summed E-state index contributed by atoms with van der Waals surface area (Å²) in [6.45, 7) is 3.63. The molecule has 0 aliphatic carbocycles. The van der Waals surface area contributed by atoms with E-state index in [4.69, 9.17) is 5.11 Å². The highest BCUT2D eigenvalue weighted by Gasteiger charge is 2.16. The Morgan fingerprint density at radius 3 is 2.82 bits per heavy atom. The third-order valence-corrected chi connectivity index (χ3v) is 1.95. The van der Waals surface area contributed by atoms with Crippen LogP contribution < -0.4 is 5.32 Å². The molecule has 0 saturated carbocycles. The van der Waals surface area contributed by atoms with Gasteiger partial charge in [0.2, 0.25) is 0 Å². The van der Waals surface area contributed by atoms with Crippen LogP contribution in [0.2, 0.25) is 0 Å². The third kappa shape index (κ3) is 1.38. The molecule has 1 heterocycles. The van der Waals surface area contributed by atoms with Crippen LogP contribution in [-0.2, 0) is 0 Å².